The Morgan fingerprint density at radius 1 is 1.07 bits per heavy atom. The molecular weight excluding hydrogens is 410 g/mol. The molecule has 9 heteroatoms. The molecule has 1 heterocycles. The summed E-state index contributed by atoms with van der Waals surface area (Å²) in [5, 5.41) is 5.67. The summed E-state index contributed by atoms with van der Waals surface area (Å²) in [7, 11) is 3.05. The molecule has 0 saturated carbocycles. The van der Waals surface area contributed by atoms with Crippen LogP contribution in [0.15, 0.2) is 36.4 Å². The lowest BCUT2D eigenvalue weighted by atomic mass is 10.1. The molecule has 3 amide bonds. The van der Waals surface area contributed by atoms with E-state index < -0.39 is 5.92 Å². The molecule has 0 aliphatic carbocycles. The molecule has 1 saturated heterocycles. The summed E-state index contributed by atoms with van der Waals surface area (Å²) in [6, 6.07) is 9.96. The number of rotatable bonds is 6. The van der Waals surface area contributed by atoms with Crippen molar-refractivity contribution in [1.82, 2.24) is 0 Å². The summed E-state index contributed by atoms with van der Waals surface area (Å²) >= 11 is 6.21. The Bertz CT molecular complexity index is 995. The van der Waals surface area contributed by atoms with E-state index in [1.165, 1.54) is 21.1 Å². The third-order valence-electron chi connectivity index (χ3n) is 4.72. The number of amides is 3. The third kappa shape index (κ3) is 4.65. The van der Waals surface area contributed by atoms with Crippen molar-refractivity contribution in [2.24, 2.45) is 5.92 Å². The van der Waals surface area contributed by atoms with Gasteiger partial charge in [0.05, 0.1) is 30.8 Å². The molecule has 2 N–H and O–H groups in total. The fourth-order valence-electron chi connectivity index (χ4n) is 3.26. The zero-order valence-electron chi connectivity index (χ0n) is 16.8. The molecule has 2 aromatic rings. The fraction of sp³-hybridized carbons (Fsp3) is 0.286. The number of anilines is 3. The Morgan fingerprint density at radius 2 is 1.80 bits per heavy atom. The number of halogens is 1. The van der Waals surface area contributed by atoms with Crippen molar-refractivity contribution in [3.63, 3.8) is 0 Å². The van der Waals surface area contributed by atoms with Crippen molar-refractivity contribution < 1.29 is 23.9 Å². The van der Waals surface area contributed by atoms with Crippen molar-refractivity contribution >= 4 is 46.4 Å². The van der Waals surface area contributed by atoms with Crippen LogP contribution in [-0.2, 0) is 14.4 Å². The molecule has 1 atom stereocenters. The van der Waals surface area contributed by atoms with Gasteiger partial charge in [-0.25, -0.2) is 0 Å². The standard InChI is InChI=1S/C21H22ClN3O5/c1-12(26)23-14-4-6-17(16(22)9-14)24-21(28)13-8-20(27)25(11-13)15-5-7-18(29-2)19(10-15)30-3/h4-7,9-10,13H,8,11H2,1-3H3,(H,23,26)(H,24,28). The second-order valence-electron chi connectivity index (χ2n) is 6.81. The normalized spacial score (nSPS) is 15.7. The van der Waals surface area contributed by atoms with Crippen LogP contribution in [0.3, 0.4) is 0 Å². The molecule has 158 valence electrons. The molecule has 8 nitrogen and oxygen atoms in total. The van der Waals surface area contributed by atoms with Crippen molar-refractivity contribution in [3.8, 4) is 11.5 Å². The van der Waals surface area contributed by atoms with Gasteiger partial charge in [0.1, 0.15) is 0 Å². The maximum absolute atomic E-state index is 12.7. The van der Waals surface area contributed by atoms with Gasteiger partial charge in [0.15, 0.2) is 11.5 Å². The van der Waals surface area contributed by atoms with Gasteiger partial charge in [0, 0.05) is 37.3 Å². The largest absolute Gasteiger partial charge is 0.493 e. The lowest BCUT2D eigenvalue weighted by Gasteiger charge is -2.18. The number of carbonyl (C=O) groups is 3. The van der Waals surface area contributed by atoms with E-state index in [1.807, 2.05) is 0 Å². The number of benzene rings is 2. The van der Waals surface area contributed by atoms with Crippen LogP contribution in [0.4, 0.5) is 17.1 Å². The number of ether oxygens (including phenoxy) is 2. The number of nitrogens with zero attached hydrogens (tertiary/aromatic N) is 1. The zero-order valence-corrected chi connectivity index (χ0v) is 17.6. The highest BCUT2D eigenvalue weighted by atomic mass is 35.5. The molecule has 2 aromatic carbocycles. The first kappa shape index (κ1) is 21.4. The molecule has 1 fully saturated rings. The van der Waals surface area contributed by atoms with Crippen LogP contribution < -0.4 is 25.0 Å². The molecule has 1 aliphatic heterocycles. The van der Waals surface area contributed by atoms with Crippen LogP contribution in [-0.4, -0.2) is 38.5 Å². The fourth-order valence-corrected chi connectivity index (χ4v) is 3.49. The average Bonchev–Trinajstić information content (AvgIpc) is 3.10. The van der Waals surface area contributed by atoms with E-state index in [4.69, 9.17) is 21.1 Å². The monoisotopic (exact) mass is 431 g/mol. The maximum atomic E-state index is 12.7. The predicted molar refractivity (Wildman–Crippen MR) is 114 cm³/mol. The van der Waals surface area contributed by atoms with E-state index in [2.05, 4.69) is 10.6 Å². The number of methoxy groups -OCH3 is 2. The molecule has 0 radical (unpaired) electrons. The Hall–Kier alpha value is -3.26. The van der Waals surface area contributed by atoms with Gasteiger partial charge in [0.25, 0.3) is 0 Å². The first-order valence-electron chi connectivity index (χ1n) is 9.22. The Morgan fingerprint density at radius 3 is 2.43 bits per heavy atom. The Labute approximate surface area is 179 Å². The average molecular weight is 432 g/mol. The van der Waals surface area contributed by atoms with Gasteiger partial charge in [0.2, 0.25) is 17.7 Å². The molecule has 3 rings (SSSR count). The van der Waals surface area contributed by atoms with Crippen LogP contribution in [0.1, 0.15) is 13.3 Å². The van der Waals surface area contributed by atoms with E-state index in [9.17, 15) is 14.4 Å². The first-order valence-corrected chi connectivity index (χ1v) is 9.60. The quantitative estimate of drug-likeness (QED) is 0.731. The smallest absolute Gasteiger partial charge is 0.229 e. The number of hydrogen-bond donors (Lipinski definition) is 2. The van der Waals surface area contributed by atoms with Crippen LogP contribution in [0, 0.1) is 5.92 Å². The molecule has 1 aliphatic rings. The van der Waals surface area contributed by atoms with Gasteiger partial charge in [-0.15, -0.1) is 0 Å². The van der Waals surface area contributed by atoms with Gasteiger partial charge in [-0.2, -0.15) is 0 Å². The highest BCUT2D eigenvalue weighted by Gasteiger charge is 2.35. The highest BCUT2D eigenvalue weighted by molar-refractivity contribution is 6.34. The van der Waals surface area contributed by atoms with Crippen LogP contribution in [0.25, 0.3) is 0 Å². The number of hydrogen-bond acceptors (Lipinski definition) is 5. The summed E-state index contributed by atoms with van der Waals surface area (Å²) in [4.78, 5) is 37.9. The van der Waals surface area contributed by atoms with E-state index >= 15 is 0 Å². The van der Waals surface area contributed by atoms with E-state index in [-0.39, 0.29) is 35.7 Å². The van der Waals surface area contributed by atoms with Gasteiger partial charge in [-0.3, -0.25) is 14.4 Å². The minimum absolute atomic E-state index is 0.0851. The van der Waals surface area contributed by atoms with E-state index in [0.717, 1.165) is 0 Å². The molecule has 0 spiro atoms. The van der Waals surface area contributed by atoms with Crippen molar-refractivity contribution in [3.05, 3.63) is 41.4 Å². The summed E-state index contributed by atoms with van der Waals surface area (Å²) in [6.45, 7) is 1.63. The number of carbonyl (C=O) groups excluding carboxylic acids is 3. The second kappa shape index (κ2) is 9.04. The third-order valence-corrected chi connectivity index (χ3v) is 5.03. The molecule has 0 aromatic heterocycles. The topological polar surface area (TPSA) is 97.0 Å². The van der Waals surface area contributed by atoms with Crippen molar-refractivity contribution in [1.29, 1.82) is 0 Å². The van der Waals surface area contributed by atoms with Gasteiger partial charge >= 0.3 is 0 Å². The first-order chi connectivity index (χ1) is 14.3. The summed E-state index contributed by atoms with van der Waals surface area (Å²) in [6.07, 6.45) is 0.0851. The van der Waals surface area contributed by atoms with Crippen LogP contribution in [0.5, 0.6) is 11.5 Å². The lowest BCUT2D eigenvalue weighted by molar-refractivity contribution is -0.122. The minimum atomic E-state index is -0.531. The van der Waals surface area contributed by atoms with Gasteiger partial charge < -0.3 is 25.0 Å². The van der Waals surface area contributed by atoms with Gasteiger partial charge in [-0.1, -0.05) is 11.6 Å². The lowest BCUT2D eigenvalue weighted by Crippen LogP contribution is -2.28. The van der Waals surface area contributed by atoms with Gasteiger partial charge in [-0.05, 0) is 30.3 Å². The van der Waals surface area contributed by atoms with E-state index in [0.29, 0.717) is 28.6 Å². The van der Waals surface area contributed by atoms with Crippen molar-refractivity contribution in [2.45, 2.75) is 13.3 Å². The predicted octanol–water partition coefficient (Wildman–Crippen LogP) is 3.31. The SMILES string of the molecule is COc1ccc(N2CC(C(=O)Nc3ccc(NC(C)=O)cc3Cl)CC2=O)cc1OC. The molecular formula is C21H22ClN3O5. The second-order valence-corrected chi connectivity index (χ2v) is 7.22. The zero-order chi connectivity index (χ0) is 21.8. The van der Waals surface area contributed by atoms with Crippen LogP contribution in [0.2, 0.25) is 5.02 Å². The number of nitrogens with one attached hydrogen (secondary N) is 2. The summed E-state index contributed by atoms with van der Waals surface area (Å²) in [5.74, 6) is -0.157. The summed E-state index contributed by atoms with van der Waals surface area (Å²) < 4.78 is 10.5. The Kier molecular flexibility index (Phi) is 6.47. The van der Waals surface area contributed by atoms with E-state index in [1.54, 1.807) is 41.3 Å². The van der Waals surface area contributed by atoms with Crippen LogP contribution >= 0.6 is 11.6 Å². The molecule has 30 heavy (non-hydrogen) atoms. The van der Waals surface area contributed by atoms with Crippen molar-refractivity contribution in [2.75, 3.05) is 36.3 Å². The summed E-state index contributed by atoms with van der Waals surface area (Å²) in [5.41, 5.74) is 1.57. The highest BCUT2D eigenvalue weighted by Crippen LogP contribution is 2.34. The molecule has 1 unspecified atom stereocenters. The minimum Gasteiger partial charge on any atom is -0.493 e. The Balaban J connectivity index is 1.70. The maximum Gasteiger partial charge on any atom is 0.229 e. The molecule has 0 bridgehead atoms.